The first-order chi connectivity index (χ1) is 10.2. The van der Waals surface area contributed by atoms with Gasteiger partial charge in [-0.2, -0.15) is 0 Å². The van der Waals surface area contributed by atoms with Crippen molar-refractivity contribution < 1.29 is 19.3 Å². The number of ether oxygens (including phenoxy) is 3. The van der Waals surface area contributed by atoms with E-state index in [4.69, 9.17) is 14.2 Å². The van der Waals surface area contributed by atoms with Crippen LogP contribution in [-0.4, -0.2) is 31.0 Å². The van der Waals surface area contributed by atoms with Gasteiger partial charge in [0.15, 0.2) is 11.5 Å². The van der Waals surface area contributed by atoms with E-state index in [1.165, 1.54) is 0 Å². The average molecular weight is 294 g/mol. The maximum atomic E-state index is 10.3. The first kappa shape index (κ1) is 16.1. The molecule has 2 atom stereocenters. The Morgan fingerprint density at radius 2 is 2.00 bits per heavy atom. The van der Waals surface area contributed by atoms with Crippen LogP contribution in [0.1, 0.15) is 51.2 Å². The van der Waals surface area contributed by atoms with Gasteiger partial charge in [0.25, 0.3) is 0 Å². The highest BCUT2D eigenvalue weighted by atomic mass is 16.5. The van der Waals surface area contributed by atoms with Gasteiger partial charge in [0.2, 0.25) is 0 Å². The molecule has 0 radical (unpaired) electrons. The van der Waals surface area contributed by atoms with E-state index in [1.54, 1.807) is 0 Å². The molecule has 0 amide bonds. The highest BCUT2D eigenvalue weighted by Gasteiger charge is 2.18. The molecule has 1 aliphatic rings. The number of rotatable bonds is 8. The van der Waals surface area contributed by atoms with Crippen LogP contribution in [-0.2, 0) is 4.74 Å². The van der Waals surface area contributed by atoms with E-state index < -0.39 is 6.10 Å². The number of hydrogen-bond donors (Lipinski definition) is 1. The van der Waals surface area contributed by atoms with E-state index in [1.807, 2.05) is 32.0 Å². The van der Waals surface area contributed by atoms with Gasteiger partial charge in [-0.25, -0.2) is 0 Å². The molecular formula is C17H26O4. The summed E-state index contributed by atoms with van der Waals surface area (Å²) in [7, 11) is 0. The second-order valence-electron chi connectivity index (χ2n) is 5.30. The van der Waals surface area contributed by atoms with Gasteiger partial charge in [0.1, 0.15) is 0 Å². The monoisotopic (exact) mass is 294 g/mol. The molecule has 1 aromatic carbocycles. The molecule has 0 saturated carbocycles. The lowest BCUT2D eigenvalue weighted by molar-refractivity contribution is 0.0811. The van der Waals surface area contributed by atoms with Crippen LogP contribution < -0.4 is 9.47 Å². The van der Waals surface area contributed by atoms with Gasteiger partial charge in [0.05, 0.1) is 25.4 Å². The van der Waals surface area contributed by atoms with Crippen molar-refractivity contribution in [2.45, 2.75) is 51.7 Å². The summed E-state index contributed by atoms with van der Waals surface area (Å²) in [6, 6.07) is 5.67. The normalized spacial score (nSPS) is 19.5. The molecule has 118 valence electrons. The van der Waals surface area contributed by atoms with E-state index in [0.29, 0.717) is 31.5 Å². The molecule has 2 unspecified atom stereocenters. The molecule has 1 aliphatic heterocycles. The minimum Gasteiger partial charge on any atom is -0.490 e. The summed E-state index contributed by atoms with van der Waals surface area (Å²) in [5.74, 6) is 1.43. The molecule has 1 aromatic rings. The van der Waals surface area contributed by atoms with Gasteiger partial charge in [-0.15, -0.1) is 0 Å². The summed E-state index contributed by atoms with van der Waals surface area (Å²) in [5, 5.41) is 10.3. The maximum absolute atomic E-state index is 10.3. The Balaban J connectivity index is 1.98. The van der Waals surface area contributed by atoms with Crippen LogP contribution in [0.2, 0.25) is 0 Å². The predicted molar refractivity (Wildman–Crippen MR) is 81.9 cm³/mol. The topological polar surface area (TPSA) is 47.9 Å². The van der Waals surface area contributed by atoms with E-state index in [9.17, 15) is 5.11 Å². The number of aliphatic hydroxyl groups excluding tert-OH is 1. The van der Waals surface area contributed by atoms with Crippen molar-refractivity contribution in [1.82, 2.24) is 0 Å². The minimum atomic E-state index is -0.482. The molecule has 1 heterocycles. The lowest BCUT2D eigenvalue weighted by atomic mass is 10.0. The van der Waals surface area contributed by atoms with Crippen LogP contribution in [0.5, 0.6) is 11.5 Å². The molecule has 0 bridgehead atoms. The predicted octanol–water partition coefficient (Wildman–Crippen LogP) is 3.48. The summed E-state index contributed by atoms with van der Waals surface area (Å²) >= 11 is 0. The molecule has 0 aliphatic carbocycles. The largest absolute Gasteiger partial charge is 0.490 e. The van der Waals surface area contributed by atoms with Crippen LogP contribution >= 0.6 is 0 Å². The average Bonchev–Trinajstić information content (AvgIpc) is 3.00. The van der Waals surface area contributed by atoms with Gasteiger partial charge in [-0.05, 0) is 57.2 Å². The van der Waals surface area contributed by atoms with Gasteiger partial charge in [-0.3, -0.25) is 0 Å². The first-order valence-electron chi connectivity index (χ1n) is 7.93. The Kier molecular flexibility index (Phi) is 6.33. The Morgan fingerprint density at radius 1 is 1.24 bits per heavy atom. The molecule has 21 heavy (non-hydrogen) atoms. The molecule has 0 spiro atoms. The Morgan fingerprint density at radius 3 is 2.67 bits per heavy atom. The van der Waals surface area contributed by atoms with Crippen molar-refractivity contribution in [1.29, 1.82) is 0 Å². The van der Waals surface area contributed by atoms with Gasteiger partial charge in [0, 0.05) is 6.61 Å². The zero-order valence-electron chi connectivity index (χ0n) is 13.0. The standard InChI is InChI=1S/C17H26O4/c1-3-19-16-10-7-13(12-17(16)20-4-2)15(18)9-8-14-6-5-11-21-14/h7,10,12,14-15,18H,3-6,8-9,11H2,1-2H3. The van der Waals surface area contributed by atoms with Crippen molar-refractivity contribution in [2.24, 2.45) is 0 Å². The van der Waals surface area contributed by atoms with E-state index in [0.717, 1.165) is 37.2 Å². The van der Waals surface area contributed by atoms with Crippen LogP contribution in [0, 0.1) is 0 Å². The van der Waals surface area contributed by atoms with Crippen LogP contribution in [0.3, 0.4) is 0 Å². The van der Waals surface area contributed by atoms with Gasteiger partial charge in [-0.1, -0.05) is 6.07 Å². The fourth-order valence-corrected chi connectivity index (χ4v) is 2.66. The van der Waals surface area contributed by atoms with Crippen molar-refractivity contribution in [2.75, 3.05) is 19.8 Å². The third kappa shape index (κ3) is 4.61. The summed E-state index contributed by atoms with van der Waals surface area (Å²) < 4.78 is 16.7. The molecule has 1 N–H and O–H groups in total. The quantitative estimate of drug-likeness (QED) is 0.797. The second-order valence-corrected chi connectivity index (χ2v) is 5.30. The minimum absolute atomic E-state index is 0.314. The van der Waals surface area contributed by atoms with Crippen LogP contribution in [0.25, 0.3) is 0 Å². The van der Waals surface area contributed by atoms with Crippen molar-refractivity contribution in [3.8, 4) is 11.5 Å². The van der Waals surface area contributed by atoms with Gasteiger partial charge >= 0.3 is 0 Å². The lowest BCUT2D eigenvalue weighted by Gasteiger charge is -2.17. The summed E-state index contributed by atoms with van der Waals surface area (Å²) in [6.07, 6.45) is 3.69. The fraction of sp³-hybridized carbons (Fsp3) is 0.647. The summed E-state index contributed by atoms with van der Waals surface area (Å²) in [4.78, 5) is 0. The zero-order chi connectivity index (χ0) is 15.1. The Bertz CT molecular complexity index is 427. The lowest BCUT2D eigenvalue weighted by Crippen LogP contribution is -2.08. The van der Waals surface area contributed by atoms with Crippen molar-refractivity contribution >= 4 is 0 Å². The van der Waals surface area contributed by atoms with Crippen molar-refractivity contribution in [3.05, 3.63) is 23.8 Å². The van der Waals surface area contributed by atoms with E-state index in [2.05, 4.69) is 0 Å². The highest BCUT2D eigenvalue weighted by molar-refractivity contribution is 5.43. The van der Waals surface area contributed by atoms with Crippen LogP contribution in [0.4, 0.5) is 0 Å². The number of benzene rings is 1. The summed E-state index contributed by atoms with van der Waals surface area (Å²) in [6.45, 7) is 5.92. The van der Waals surface area contributed by atoms with Gasteiger partial charge < -0.3 is 19.3 Å². The smallest absolute Gasteiger partial charge is 0.161 e. The van der Waals surface area contributed by atoms with Crippen molar-refractivity contribution in [3.63, 3.8) is 0 Å². The Labute approximate surface area is 127 Å². The van der Waals surface area contributed by atoms with E-state index in [-0.39, 0.29) is 0 Å². The zero-order valence-corrected chi connectivity index (χ0v) is 13.0. The SMILES string of the molecule is CCOc1ccc(C(O)CCC2CCCO2)cc1OCC. The first-order valence-corrected chi connectivity index (χ1v) is 7.93. The van der Waals surface area contributed by atoms with E-state index >= 15 is 0 Å². The molecule has 2 rings (SSSR count). The number of hydrogen-bond acceptors (Lipinski definition) is 4. The molecule has 4 nitrogen and oxygen atoms in total. The Hall–Kier alpha value is -1.26. The third-order valence-electron chi connectivity index (χ3n) is 3.74. The molecule has 0 aromatic heterocycles. The molecular weight excluding hydrogens is 268 g/mol. The second kappa shape index (κ2) is 8.25. The third-order valence-corrected chi connectivity index (χ3v) is 3.74. The fourth-order valence-electron chi connectivity index (χ4n) is 2.66. The molecule has 1 saturated heterocycles. The molecule has 1 fully saturated rings. The maximum Gasteiger partial charge on any atom is 0.161 e. The number of aliphatic hydroxyl groups is 1. The van der Waals surface area contributed by atoms with Crippen LogP contribution in [0.15, 0.2) is 18.2 Å². The summed E-state index contributed by atoms with van der Waals surface area (Å²) in [5.41, 5.74) is 0.875. The molecule has 4 heteroatoms. The highest BCUT2D eigenvalue weighted by Crippen LogP contribution is 2.32.